The Kier molecular flexibility index (Phi) is 9.20. The SMILES string of the molecule is O=C(O)/C=C/Cl.O=C(O)CN(Cc1ccccc1)C(=O)c1ccccc1. The van der Waals surface area contributed by atoms with Crippen molar-refractivity contribution in [2.24, 2.45) is 0 Å². The molecule has 0 aromatic heterocycles. The van der Waals surface area contributed by atoms with E-state index in [9.17, 15) is 14.4 Å². The van der Waals surface area contributed by atoms with Gasteiger partial charge in [0, 0.05) is 23.7 Å². The van der Waals surface area contributed by atoms with Crippen LogP contribution < -0.4 is 0 Å². The first-order chi connectivity index (χ1) is 12.4. The topological polar surface area (TPSA) is 94.9 Å². The lowest BCUT2D eigenvalue weighted by Crippen LogP contribution is -2.35. The van der Waals surface area contributed by atoms with Gasteiger partial charge in [-0.1, -0.05) is 60.1 Å². The number of hydrogen-bond donors (Lipinski definition) is 2. The van der Waals surface area contributed by atoms with E-state index in [1.54, 1.807) is 24.3 Å². The van der Waals surface area contributed by atoms with E-state index in [1.807, 2.05) is 36.4 Å². The maximum absolute atomic E-state index is 12.3. The van der Waals surface area contributed by atoms with Crippen LogP contribution in [0.2, 0.25) is 0 Å². The van der Waals surface area contributed by atoms with E-state index in [1.165, 1.54) is 4.90 Å². The summed E-state index contributed by atoms with van der Waals surface area (Å²) >= 11 is 4.84. The number of carboxylic acid groups (broad SMARTS) is 2. The molecule has 26 heavy (non-hydrogen) atoms. The van der Waals surface area contributed by atoms with Gasteiger partial charge in [0.1, 0.15) is 6.54 Å². The van der Waals surface area contributed by atoms with Crippen molar-refractivity contribution >= 4 is 29.4 Å². The lowest BCUT2D eigenvalue weighted by Gasteiger charge is -2.21. The minimum atomic E-state index is -1.02. The second-order valence-corrected chi connectivity index (χ2v) is 5.29. The molecule has 0 radical (unpaired) electrons. The Morgan fingerprint density at radius 3 is 1.88 bits per heavy atom. The third kappa shape index (κ3) is 8.12. The number of amides is 1. The molecule has 0 fully saturated rings. The fraction of sp³-hybridized carbons (Fsp3) is 0.105. The molecule has 6 nitrogen and oxygen atoms in total. The van der Waals surface area contributed by atoms with E-state index in [0.29, 0.717) is 5.56 Å². The van der Waals surface area contributed by atoms with Crippen LogP contribution in [-0.2, 0) is 16.1 Å². The highest BCUT2D eigenvalue weighted by molar-refractivity contribution is 6.26. The Hall–Kier alpha value is -3.12. The Bertz CT molecular complexity index is 747. The molecular weight excluding hydrogens is 358 g/mol. The number of benzene rings is 2. The minimum absolute atomic E-state index is 0.279. The Labute approximate surface area is 155 Å². The molecule has 2 aromatic rings. The lowest BCUT2D eigenvalue weighted by atomic mass is 10.1. The van der Waals surface area contributed by atoms with E-state index < -0.39 is 11.9 Å². The summed E-state index contributed by atoms with van der Waals surface area (Å²) < 4.78 is 0. The summed E-state index contributed by atoms with van der Waals surface area (Å²) in [6.45, 7) is -0.0382. The van der Waals surface area contributed by atoms with Gasteiger partial charge in [-0.25, -0.2) is 4.79 Å². The summed E-state index contributed by atoms with van der Waals surface area (Å²) in [4.78, 5) is 34.0. The monoisotopic (exact) mass is 375 g/mol. The normalized spacial score (nSPS) is 9.88. The van der Waals surface area contributed by atoms with Crippen molar-refractivity contribution in [2.45, 2.75) is 6.54 Å². The van der Waals surface area contributed by atoms with Crippen molar-refractivity contribution in [1.29, 1.82) is 0 Å². The summed E-state index contributed by atoms with van der Waals surface area (Å²) in [5.41, 5.74) is 2.34. The van der Waals surface area contributed by atoms with E-state index in [-0.39, 0.29) is 19.0 Å². The molecule has 0 saturated carbocycles. The van der Waals surface area contributed by atoms with Crippen LogP contribution in [0, 0.1) is 0 Å². The van der Waals surface area contributed by atoms with Crippen molar-refractivity contribution in [1.82, 2.24) is 4.90 Å². The fourth-order valence-corrected chi connectivity index (χ4v) is 2.09. The number of halogens is 1. The van der Waals surface area contributed by atoms with Gasteiger partial charge in [0.05, 0.1) is 0 Å². The van der Waals surface area contributed by atoms with Gasteiger partial charge in [0.25, 0.3) is 5.91 Å². The first-order valence-electron chi connectivity index (χ1n) is 7.53. The quantitative estimate of drug-likeness (QED) is 0.756. The summed E-state index contributed by atoms with van der Waals surface area (Å²) in [5, 5.41) is 16.7. The zero-order chi connectivity index (χ0) is 19.4. The highest BCUT2D eigenvalue weighted by Crippen LogP contribution is 2.10. The number of aliphatic carboxylic acids is 2. The van der Waals surface area contributed by atoms with Gasteiger partial charge in [0.15, 0.2) is 0 Å². The van der Waals surface area contributed by atoms with Gasteiger partial charge >= 0.3 is 11.9 Å². The molecule has 2 rings (SSSR count). The second-order valence-electron chi connectivity index (χ2n) is 5.04. The van der Waals surface area contributed by atoms with Crippen molar-refractivity contribution in [3.05, 3.63) is 83.4 Å². The number of carbonyl (C=O) groups excluding carboxylic acids is 1. The molecule has 136 valence electrons. The number of rotatable bonds is 6. The zero-order valence-electron chi connectivity index (χ0n) is 13.8. The third-order valence-electron chi connectivity index (χ3n) is 3.06. The lowest BCUT2D eigenvalue weighted by molar-refractivity contribution is -0.138. The molecule has 1 amide bonds. The summed E-state index contributed by atoms with van der Waals surface area (Å²) in [6.07, 6.45) is 0.849. The molecule has 0 spiro atoms. The maximum atomic E-state index is 12.3. The van der Waals surface area contributed by atoms with Crippen molar-refractivity contribution in [3.8, 4) is 0 Å². The smallest absolute Gasteiger partial charge is 0.329 e. The first kappa shape index (κ1) is 20.9. The maximum Gasteiger partial charge on any atom is 0.329 e. The molecule has 0 aliphatic heterocycles. The molecule has 0 bridgehead atoms. The standard InChI is InChI=1S/C16H15NO3.C3H3ClO2/c18-15(19)12-17(11-13-7-3-1-4-8-13)16(20)14-9-5-2-6-10-14;4-2-1-3(5)6/h1-10H,11-12H2,(H,18,19);1-2H,(H,5,6)/b;2-1+. The van der Waals surface area contributed by atoms with Gasteiger partial charge < -0.3 is 15.1 Å². The second kappa shape index (κ2) is 11.4. The van der Waals surface area contributed by atoms with Crippen LogP contribution in [0.1, 0.15) is 15.9 Å². The van der Waals surface area contributed by atoms with Crippen molar-refractivity contribution in [2.75, 3.05) is 6.54 Å². The minimum Gasteiger partial charge on any atom is -0.480 e. The van der Waals surface area contributed by atoms with Crippen LogP contribution in [0.15, 0.2) is 72.3 Å². The molecule has 2 N–H and O–H groups in total. The van der Waals surface area contributed by atoms with E-state index in [4.69, 9.17) is 21.8 Å². The predicted octanol–water partition coefficient (Wildman–Crippen LogP) is 3.24. The number of carbonyl (C=O) groups is 3. The molecule has 0 atom stereocenters. The van der Waals surface area contributed by atoms with Gasteiger partial charge in [-0.2, -0.15) is 0 Å². The van der Waals surface area contributed by atoms with E-state index in [0.717, 1.165) is 17.2 Å². The molecule has 0 saturated heterocycles. The van der Waals surface area contributed by atoms with Gasteiger partial charge in [0.2, 0.25) is 0 Å². The Morgan fingerprint density at radius 1 is 0.923 bits per heavy atom. The largest absolute Gasteiger partial charge is 0.480 e. The van der Waals surface area contributed by atoms with E-state index >= 15 is 0 Å². The first-order valence-corrected chi connectivity index (χ1v) is 7.97. The molecular formula is C19H18ClNO5. The third-order valence-corrected chi connectivity index (χ3v) is 3.18. The molecule has 2 aromatic carbocycles. The number of carboxylic acids is 2. The van der Waals surface area contributed by atoms with Crippen molar-refractivity contribution < 1.29 is 24.6 Å². The van der Waals surface area contributed by atoms with Crippen LogP contribution in [0.4, 0.5) is 0 Å². The van der Waals surface area contributed by atoms with Gasteiger partial charge in [-0.15, -0.1) is 0 Å². The van der Waals surface area contributed by atoms with Crippen LogP contribution in [-0.4, -0.2) is 39.5 Å². The summed E-state index contributed by atoms with van der Waals surface area (Å²) in [7, 11) is 0. The van der Waals surface area contributed by atoms with Crippen LogP contribution in [0.3, 0.4) is 0 Å². The molecule has 7 heteroatoms. The van der Waals surface area contributed by atoms with Gasteiger partial charge in [-0.3, -0.25) is 9.59 Å². The van der Waals surface area contributed by atoms with Crippen LogP contribution >= 0.6 is 11.6 Å². The number of hydrogen-bond acceptors (Lipinski definition) is 3. The summed E-state index contributed by atoms with van der Waals surface area (Å²) in [6, 6.07) is 18.0. The highest BCUT2D eigenvalue weighted by Gasteiger charge is 2.18. The van der Waals surface area contributed by atoms with E-state index in [2.05, 4.69) is 0 Å². The average Bonchev–Trinajstić information content (AvgIpc) is 2.62. The average molecular weight is 376 g/mol. The zero-order valence-corrected chi connectivity index (χ0v) is 14.5. The number of nitrogens with zero attached hydrogens (tertiary/aromatic N) is 1. The highest BCUT2D eigenvalue weighted by atomic mass is 35.5. The summed E-state index contributed by atoms with van der Waals surface area (Å²) in [5.74, 6) is -2.33. The predicted molar refractivity (Wildman–Crippen MR) is 97.9 cm³/mol. The fourth-order valence-electron chi connectivity index (χ4n) is 1.98. The van der Waals surface area contributed by atoms with Gasteiger partial charge in [-0.05, 0) is 17.7 Å². The Balaban J connectivity index is 0.000000487. The molecule has 0 unspecified atom stereocenters. The molecule has 0 aliphatic carbocycles. The van der Waals surface area contributed by atoms with Crippen LogP contribution in [0.25, 0.3) is 0 Å². The molecule has 0 heterocycles. The van der Waals surface area contributed by atoms with Crippen LogP contribution in [0.5, 0.6) is 0 Å². The molecule has 0 aliphatic rings. The Morgan fingerprint density at radius 2 is 1.46 bits per heavy atom. The van der Waals surface area contributed by atoms with Crippen molar-refractivity contribution in [3.63, 3.8) is 0 Å².